The van der Waals surface area contributed by atoms with Crippen molar-refractivity contribution in [2.24, 2.45) is 0 Å². The van der Waals surface area contributed by atoms with Crippen LogP contribution < -0.4 is 5.32 Å². The van der Waals surface area contributed by atoms with E-state index in [2.05, 4.69) is 25.3 Å². The molecule has 31 heavy (non-hydrogen) atoms. The van der Waals surface area contributed by atoms with Gasteiger partial charge in [-0.05, 0) is 25.5 Å². The van der Waals surface area contributed by atoms with Crippen LogP contribution in [0, 0.1) is 5.82 Å². The van der Waals surface area contributed by atoms with Gasteiger partial charge in [0.25, 0.3) is 0 Å². The number of nitrogens with one attached hydrogen (secondary N) is 2. The Morgan fingerprint density at radius 3 is 2.90 bits per heavy atom. The highest BCUT2D eigenvalue weighted by molar-refractivity contribution is 6.31. The molecule has 1 fully saturated rings. The first kappa shape index (κ1) is 21.7. The fraction of sp³-hybridized carbons (Fsp3) is 0.421. The molecule has 166 valence electrons. The van der Waals surface area contributed by atoms with Crippen LogP contribution >= 0.6 is 11.6 Å². The van der Waals surface area contributed by atoms with Crippen LogP contribution in [0.15, 0.2) is 24.7 Å². The van der Waals surface area contributed by atoms with Crippen LogP contribution in [0.5, 0.6) is 0 Å². The largest absolute Gasteiger partial charge is 0.415 e. The molecule has 1 aliphatic rings. The van der Waals surface area contributed by atoms with Gasteiger partial charge in [-0.2, -0.15) is 13.2 Å². The monoisotopic (exact) mass is 458 g/mol. The van der Waals surface area contributed by atoms with Gasteiger partial charge in [0.05, 0.1) is 11.2 Å². The Morgan fingerprint density at radius 2 is 2.13 bits per heavy atom. The highest BCUT2D eigenvalue weighted by Crippen LogP contribution is 2.29. The number of nitrogens with zero attached hydrogens (tertiary/aromatic N) is 4. The molecule has 12 heteroatoms. The summed E-state index contributed by atoms with van der Waals surface area (Å²) in [6, 6.07) is 1.37. The van der Waals surface area contributed by atoms with Crippen molar-refractivity contribution in [3.8, 4) is 11.4 Å². The number of fused-ring (bicyclic) bond motifs is 1. The Morgan fingerprint density at radius 1 is 1.32 bits per heavy atom. The summed E-state index contributed by atoms with van der Waals surface area (Å²) < 4.78 is 52.3. The number of H-pyrrole nitrogens is 1. The number of anilines is 1. The zero-order valence-electron chi connectivity index (χ0n) is 16.1. The lowest BCUT2D eigenvalue weighted by atomic mass is 10.1. The van der Waals surface area contributed by atoms with E-state index in [4.69, 9.17) is 11.6 Å². The van der Waals surface area contributed by atoms with Crippen molar-refractivity contribution in [3.63, 3.8) is 0 Å². The van der Waals surface area contributed by atoms with Crippen LogP contribution in [-0.4, -0.2) is 67.9 Å². The summed E-state index contributed by atoms with van der Waals surface area (Å²) in [6.07, 6.45) is -1.69. The smallest absolute Gasteiger partial charge is 0.382 e. The molecule has 0 aromatic carbocycles. The van der Waals surface area contributed by atoms with Crippen molar-refractivity contribution >= 4 is 28.5 Å². The number of aromatic nitrogens is 4. The standard InChI is InChI=1S/C19H19ClF4N6O/c20-10-4-12-13(6-26-16(12)25-5-10)17-27-7-14(21)18(29-17)28-11-2-1-3-30(8-11)9-15(31)19(22,23)24/h4-7,11,15,31H,1-3,8-9H2,(H,25,26)(H,27,28,29)/t11-,15?/m0/s1. The number of aliphatic hydroxyl groups is 1. The van der Waals surface area contributed by atoms with E-state index in [1.807, 2.05) is 0 Å². The van der Waals surface area contributed by atoms with E-state index < -0.39 is 24.6 Å². The van der Waals surface area contributed by atoms with Crippen LogP contribution in [-0.2, 0) is 0 Å². The van der Waals surface area contributed by atoms with Gasteiger partial charge in [-0.15, -0.1) is 0 Å². The number of β-amino-alcohol motifs (C(OH)–C–C–N with tert-alkyl or cyclic N) is 1. The second kappa shape index (κ2) is 8.56. The van der Waals surface area contributed by atoms with Crippen LogP contribution in [0.4, 0.5) is 23.4 Å². The van der Waals surface area contributed by atoms with Gasteiger partial charge in [-0.1, -0.05) is 11.6 Å². The van der Waals surface area contributed by atoms with Crippen molar-refractivity contribution in [3.05, 3.63) is 35.5 Å². The van der Waals surface area contributed by atoms with Crippen LogP contribution in [0.1, 0.15) is 12.8 Å². The minimum Gasteiger partial charge on any atom is -0.382 e. The number of piperidine rings is 1. The maximum Gasteiger partial charge on any atom is 0.415 e. The quantitative estimate of drug-likeness (QED) is 0.506. The number of rotatable bonds is 5. The summed E-state index contributed by atoms with van der Waals surface area (Å²) in [5.41, 5.74) is 1.17. The predicted molar refractivity (Wildman–Crippen MR) is 107 cm³/mol. The summed E-state index contributed by atoms with van der Waals surface area (Å²) in [6.45, 7) is 0.118. The average molecular weight is 459 g/mol. The molecule has 3 N–H and O–H groups in total. The first-order chi connectivity index (χ1) is 14.7. The normalized spacial score (nSPS) is 19.0. The molecule has 2 atom stereocenters. The Labute approximate surface area is 179 Å². The van der Waals surface area contributed by atoms with Crippen molar-refractivity contribution in [2.45, 2.75) is 31.2 Å². The second-order valence-electron chi connectivity index (χ2n) is 7.44. The van der Waals surface area contributed by atoms with E-state index >= 15 is 0 Å². The summed E-state index contributed by atoms with van der Waals surface area (Å²) in [7, 11) is 0. The van der Waals surface area contributed by atoms with E-state index in [9.17, 15) is 22.7 Å². The third kappa shape index (κ3) is 4.89. The molecule has 0 saturated carbocycles. The lowest BCUT2D eigenvalue weighted by molar-refractivity contribution is -0.208. The second-order valence-corrected chi connectivity index (χ2v) is 7.88. The molecule has 0 bridgehead atoms. The van der Waals surface area contributed by atoms with Gasteiger partial charge < -0.3 is 15.4 Å². The number of halogens is 5. The molecule has 1 saturated heterocycles. The van der Waals surface area contributed by atoms with E-state index in [-0.39, 0.29) is 24.2 Å². The lowest BCUT2D eigenvalue weighted by Crippen LogP contribution is -2.48. The molecule has 3 aromatic rings. The van der Waals surface area contributed by atoms with Crippen molar-refractivity contribution in [1.82, 2.24) is 24.8 Å². The lowest BCUT2D eigenvalue weighted by Gasteiger charge is -2.34. The molecule has 0 amide bonds. The first-order valence-electron chi connectivity index (χ1n) is 9.60. The summed E-state index contributed by atoms with van der Waals surface area (Å²) in [4.78, 5) is 17.0. The molecule has 4 heterocycles. The van der Waals surface area contributed by atoms with Gasteiger partial charge in [0.15, 0.2) is 23.6 Å². The molecule has 0 aliphatic carbocycles. The highest BCUT2D eigenvalue weighted by atomic mass is 35.5. The van der Waals surface area contributed by atoms with Gasteiger partial charge in [-0.3, -0.25) is 4.90 Å². The molecule has 1 unspecified atom stereocenters. The van der Waals surface area contributed by atoms with E-state index in [0.717, 1.165) is 6.20 Å². The molecule has 3 aromatic heterocycles. The highest BCUT2D eigenvalue weighted by Gasteiger charge is 2.39. The Balaban J connectivity index is 1.52. The molecule has 4 rings (SSSR count). The fourth-order valence-electron chi connectivity index (χ4n) is 3.64. The Kier molecular flexibility index (Phi) is 6.00. The van der Waals surface area contributed by atoms with Gasteiger partial charge in [0.1, 0.15) is 5.65 Å². The number of likely N-dealkylation sites (tertiary alicyclic amines) is 1. The number of pyridine rings is 1. The summed E-state index contributed by atoms with van der Waals surface area (Å²) >= 11 is 6.02. The first-order valence-corrected chi connectivity index (χ1v) is 9.97. The topological polar surface area (TPSA) is 90.0 Å². The maximum absolute atomic E-state index is 14.4. The summed E-state index contributed by atoms with van der Waals surface area (Å²) in [5, 5.41) is 13.4. The average Bonchev–Trinajstić information content (AvgIpc) is 3.12. The zero-order valence-corrected chi connectivity index (χ0v) is 16.9. The minimum absolute atomic E-state index is 0.0439. The Bertz CT molecular complexity index is 1080. The number of aromatic amines is 1. The third-order valence-electron chi connectivity index (χ3n) is 5.14. The van der Waals surface area contributed by atoms with Crippen molar-refractivity contribution in [1.29, 1.82) is 0 Å². The van der Waals surface area contributed by atoms with Crippen molar-refractivity contribution < 1.29 is 22.7 Å². The minimum atomic E-state index is -4.68. The summed E-state index contributed by atoms with van der Waals surface area (Å²) in [5.74, 6) is -0.468. The third-order valence-corrected chi connectivity index (χ3v) is 5.34. The SMILES string of the molecule is OC(CN1CCC[C@H](Nc2nc(-c3c[nH]c4ncc(Cl)cc34)ncc2F)C1)C(F)(F)F. The zero-order chi connectivity index (χ0) is 22.2. The van der Waals surface area contributed by atoms with Gasteiger partial charge in [0, 0.05) is 42.5 Å². The molecular formula is C19H19ClF4N6O. The molecule has 1 aliphatic heterocycles. The van der Waals surface area contributed by atoms with Gasteiger partial charge in [-0.25, -0.2) is 19.3 Å². The van der Waals surface area contributed by atoms with Gasteiger partial charge >= 0.3 is 6.18 Å². The molecule has 0 spiro atoms. The number of aliphatic hydroxyl groups excluding tert-OH is 1. The van der Waals surface area contributed by atoms with Gasteiger partial charge in [0.2, 0.25) is 0 Å². The fourth-order valence-corrected chi connectivity index (χ4v) is 3.80. The van der Waals surface area contributed by atoms with E-state index in [1.54, 1.807) is 12.3 Å². The molecule has 7 nitrogen and oxygen atoms in total. The number of hydrogen-bond acceptors (Lipinski definition) is 6. The Hall–Kier alpha value is -2.50. The molecule has 0 radical (unpaired) electrons. The molecular weight excluding hydrogens is 440 g/mol. The van der Waals surface area contributed by atoms with E-state index in [1.165, 1.54) is 11.1 Å². The van der Waals surface area contributed by atoms with E-state index in [0.29, 0.717) is 41.0 Å². The maximum atomic E-state index is 14.4. The van der Waals surface area contributed by atoms with Crippen LogP contribution in [0.2, 0.25) is 5.02 Å². The predicted octanol–water partition coefficient (Wildman–Crippen LogP) is 3.61. The van der Waals surface area contributed by atoms with Crippen LogP contribution in [0.3, 0.4) is 0 Å². The number of alkyl halides is 3. The van der Waals surface area contributed by atoms with Crippen molar-refractivity contribution in [2.75, 3.05) is 25.0 Å². The van der Waals surface area contributed by atoms with Crippen LogP contribution in [0.25, 0.3) is 22.4 Å². The number of hydrogen-bond donors (Lipinski definition) is 3.